The normalized spacial score (nSPS) is 11.0. The molecule has 0 amide bonds. The van der Waals surface area contributed by atoms with Crippen molar-refractivity contribution in [1.82, 2.24) is 15.2 Å². The van der Waals surface area contributed by atoms with Crippen molar-refractivity contribution in [3.8, 4) is 0 Å². The summed E-state index contributed by atoms with van der Waals surface area (Å²) in [6, 6.07) is 6.38. The van der Waals surface area contributed by atoms with E-state index in [4.69, 9.17) is 4.42 Å². The Morgan fingerprint density at radius 2 is 2.05 bits per heavy atom. The number of rotatable bonds is 5. The molecule has 0 spiro atoms. The fourth-order valence-electron chi connectivity index (χ4n) is 1.74. The monoisotopic (exact) mass is 321 g/mol. The van der Waals surface area contributed by atoms with Crippen molar-refractivity contribution in [2.75, 3.05) is 0 Å². The summed E-state index contributed by atoms with van der Waals surface area (Å²) in [7, 11) is 0. The molecular formula is C14H12FN3OS2. The maximum atomic E-state index is 12.8. The second kappa shape index (κ2) is 6.36. The molecule has 3 aromatic rings. The van der Waals surface area contributed by atoms with Crippen molar-refractivity contribution in [1.29, 1.82) is 0 Å². The van der Waals surface area contributed by atoms with E-state index in [9.17, 15) is 4.39 Å². The van der Waals surface area contributed by atoms with Gasteiger partial charge in [-0.15, -0.1) is 21.5 Å². The van der Waals surface area contributed by atoms with Crippen LogP contribution >= 0.6 is 23.1 Å². The van der Waals surface area contributed by atoms with E-state index in [1.807, 2.05) is 12.3 Å². The number of aryl methyl sites for hydroxylation is 1. The molecule has 0 N–H and O–H groups in total. The largest absolute Gasteiger partial charge is 0.416 e. The van der Waals surface area contributed by atoms with Gasteiger partial charge in [0.1, 0.15) is 5.82 Å². The number of hydrogen-bond donors (Lipinski definition) is 0. The van der Waals surface area contributed by atoms with Crippen LogP contribution in [0.15, 0.2) is 39.3 Å². The van der Waals surface area contributed by atoms with Crippen LogP contribution in [0.2, 0.25) is 0 Å². The topological polar surface area (TPSA) is 51.8 Å². The predicted octanol–water partition coefficient (Wildman–Crippen LogP) is 3.86. The van der Waals surface area contributed by atoms with E-state index in [1.54, 1.807) is 23.5 Å². The van der Waals surface area contributed by atoms with Crippen LogP contribution in [0.4, 0.5) is 4.39 Å². The lowest BCUT2D eigenvalue weighted by Gasteiger charge is -1.97. The van der Waals surface area contributed by atoms with E-state index < -0.39 is 0 Å². The minimum atomic E-state index is -0.234. The Hall–Kier alpha value is -1.73. The van der Waals surface area contributed by atoms with Gasteiger partial charge in [-0.1, -0.05) is 23.9 Å². The molecule has 4 nitrogen and oxygen atoms in total. The van der Waals surface area contributed by atoms with Crippen LogP contribution in [0.1, 0.15) is 22.2 Å². The number of hydrogen-bond acceptors (Lipinski definition) is 6. The smallest absolute Gasteiger partial charge is 0.276 e. The van der Waals surface area contributed by atoms with E-state index >= 15 is 0 Å². The van der Waals surface area contributed by atoms with Crippen molar-refractivity contribution in [2.45, 2.75) is 24.3 Å². The Morgan fingerprint density at radius 3 is 2.76 bits per heavy atom. The molecule has 0 aliphatic carbocycles. The molecule has 1 aromatic carbocycles. The third kappa shape index (κ3) is 3.89. The molecule has 3 rings (SSSR count). The molecule has 7 heteroatoms. The first-order valence-corrected chi connectivity index (χ1v) is 8.16. The van der Waals surface area contributed by atoms with Crippen LogP contribution < -0.4 is 0 Å². The second-order valence-corrected chi connectivity index (χ2v) is 6.40. The van der Waals surface area contributed by atoms with Gasteiger partial charge in [0.05, 0.1) is 17.1 Å². The molecule has 0 atom stereocenters. The summed E-state index contributed by atoms with van der Waals surface area (Å²) in [6.07, 6.45) is 0.550. The molecule has 0 fully saturated rings. The van der Waals surface area contributed by atoms with Crippen molar-refractivity contribution in [2.24, 2.45) is 0 Å². The third-order valence-electron chi connectivity index (χ3n) is 2.72. The first kappa shape index (κ1) is 14.2. The molecule has 0 aliphatic heterocycles. The lowest BCUT2D eigenvalue weighted by atomic mass is 10.2. The molecule has 21 heavy (non-hydrogen) atoms. The highest BCUT2D eigenvalue weighted by Crippen LogP contribution is 2.22. The maximum Gasteiger partial charge on any atom is 0.276 e. The van der Waals surface area contributed by atoms with E-state index in [2.05, 4.69) is 15.2 Å². The van der Waals surface area contributed by atoms with Crippen molar-refractivity contribution < 1.29 is 8.81 Å². The maximum absolute atomic E-state index is 12.8. The van der Waals surface area contributed by atoms with Gasteiger partial charge in [-0.2, -0.15) is 0 Å². The van der Waals surface area contributed by atoms with Gasteiger partial charge in [-0.3, -0.25) is 0 Å². The van der Waals surface area contributed by atoms with E-state index in [1.165, 1.54) is 23.9 Å². The van der Waals surface area contributed by atoms with Crippen LogP contribution in [0, 0.1) is 12.7 Å². The average Bonchev–Trinajstić information content (AvgIpc) is 3.08. The molecule has 0 saturated heterocycles. The van der Waals surface area contributed by atoms with Gasteiger partial charge in [-0.25, -0.2) is 9.37 Å². The molecule has 0 bridgehead atoms. The fraction of sp³-hybridized carbons (Fsp3) is 0.214. The number of thioether (sulfide) groups is 1. The van der Waals surface area contributed by atoms with Gasteiger partial charge in [0.2, 0.25) is 5.89 Å². The predicted molar refractivity (Wildman–Crippen MR) is 79.9 cm³/mol. The van der Waals surface area contributed by atoms with E-state index in [0.717, 1.165) is 16.3 Å². The SMILES string of the molecule is Cc1nc(Cc2nnc(SCc3ccc(F)cc3)o2)cs1. The van der Waals surface area contributed by atoms with Crippen LogP contribution in [0.25, 0.3) is 0 Å². The second-order valence-electron chi connectivity index (χ2n) is 4.41. The summed E-state index contributed by atoms with van der Waals surface area (Å²) < 4.78 is 18.4. The summed E-state index contributed by atoms with van der Waals surface area (Å²) >= 11 is 3.04. The summed E-state index contributed by atoms with van der Waals surface area (Å²) in [5.74, 6) is 0.988. The highest BCUT2D eigenvalue weighted by atomic mass is 32.2. The Balaban J connectivity index is 1.58. The molecule has 0 aliphatic rings. The van der Waals surface area contributed by atoms with Crippen molar-refractivity contribution in [3.63, 3.8) is 0 Å². The first-order valence-electron chi connectivity index (χ1n) is 6.29. The van der Waals surface area contributed by atoms with Crippen LogP contribution in [0.5, 0.6) is 0 Å². The summed E-state index contributed by atoms with van der Waals surface area (Å²) in [4.78, 5) is 4.37. The molecule has 0 radical (unpaired) electrons. The highest BCUT2D eigenvalue weighted by Gasteiger charge is 2.09. The zero-order valence-corrected chi connectivity index (χ0v) is 12.9. The number of benzene rings is 1. The van der Waals surface area contributed by atoms with Crippen molar-refractivity contribution in [3.05, 3.63) is 57.6 Å². The van der Waals surface area contributed by atoms with E-state index in [0.29, 0.717) is 23.3 Å². The Kier molecular flexibility index (Phi) is 4.31. The molecule has 2 heterocycles. The molecule has 0 unspecified atom stereocenters. The minimum absolute atomic E-state index is 0.234. The lowest BCUT2D eigenvalue weighted by Crippen LogP contribution is -1.88. The zero-order chi connectivity index (χ0) is 14.7. The molecular weight excluding hydrogens is 309 g/mol. The van der Waals surface area contributed by atoms with Gasteiger partial charge in [0, 0.05) is 11.1 Å². The first-order chi connectivity index (χ1) is 10.2. The Labute approximate surface area is 129 Å². The van der Waals surface area contributed by atoms with Crippen LogP contribution in [-0.2, 0) is 12.2 Å². The van der Waals surface area contributed by atoms with Gasteiger partial charge >= 0.3 is 0 Å². The number of thiazole rings is 1. The van der Waals surface area contributed by atoms with E-state index in [-0.39, 0.29) is 5.82 Å². The molecule has 2 aromatic heterocycles. The van der Waals surface area contributed by atoms with Gasteiger partial charge < -0.3 is 4.42 Å². The Morgan fingerprint density at radius 1 is 1.24 bits per heavy atom. The molecule has 0 saturated carbocycles. The average molecular weight is 321 g/mol. The number of aromatic nitrogens is 3. The number of nitrogens with zero attached hydrogens (tertiary/aromatic N) is 3. The summed E-state index contributed by atoms with van der Waals surface area (Å²) in [6.45, 7) is 1.96. The standard InChI is InChI=1S/C14H12FN3OS2/c1-9-16-12(8-20-9)6-13-17-18-14(19-13)21-7-10-2-4-11(15)5-3-10/h2-5,8H,6-7H2,1H3. The summed E-state index contributed by atoms with van der Waals surface area (Å²) in [5.41, 5.74) is 1.95. The fourth-order valence-corrected chi connectivity index (χ4v) is 3.09. The van der Waals surface area contributed by atoms with Gasteiger partial charge in [-0.05, 0) is 24.6 Å². The highest BCUT2D eigenvalue weighted by molar-refractivity contribution is 7.98. The number of halogens is 1. The molecule has 108 valence electrons. The Bertz CT molecular complexity index is 724. The third-order valence-corrected chi connectivity index (χ3v) is 4.43. The van der Waals surface area contributed by atoms with Gasteiger partial charge in [0.25, 0.3) is 5.22 Å². The zero-order valence-electron chi connectivity index (χ0n) is 11.2. The minimum Gasteiger partial charge on any atom is -0.416 e. The quantitative estimate of drug-likeness (QED) is 0.668. The summed E-state index contributed by atoms with van der Waals surface area (Å²) in [5, 5.41) is 11.5. The van der Waals surface area contributed by atoms with Crippen LogP contribution in [0.3, 0.4) is 0 Å². The van der Waals surface area contributed by atoms with Crippen LogP contribution in [-0.4, -0.2) is 15.2 Å². The van der Waals surface area contributed by atoms with Gasteiger partial charge in [0.15, 0.2) is 0 Å². The lowest BCUT2D eigenvalue weighted by molar-refractivity contribution is 0.419. The van der Waals surface area contributed by atoms with Crippen molar-refractivity contribution >= 4 is 23.1 Å².